The Balaban J connectivity index is 1.65. The number of halogens is 1. The van der Waals surface area contributed by atoms with Gasteiger partial charge in [0.2, 0.25) is 0 Å². The number of rotatable bonds is 8. The molecule has 0 radical (unpaired) electrons. The largest absolute Gasteiger partial charge is 0.493 e. The fourth-order valence-electron chi connectivity index (χ4n) is 2.88. The molecule has 0 unspecified atom stereocenters. The normalized spacial score (nSPS) is 10.4. The number of hydrogen-bond acceptors (Lipinski definition) is 4. The number of carboxylic acid groups (broad SMARTS) is 1. The molecule has 0 fully saturated rings. The van der Waals surface area contributed by atoms with Crippen LogP contribution in [0.15, 0.2) is 60.7 Å². The first kappa shape index (κ1) is 20.6. The minimum absolute atomic E-state index is 0.275. The molecule has 6 heteroatoms. The summed E-state index contributed by atoms with van der Waals surface area (Å²) in [6, 6.07) is 18.3. The van der Waals surface area contributed by atoms with Crippen LogP contribution >= 0.6 is 11.6 Å². The summed E-state index contributed by atoms with van der Waals surface area (Å²) >= 11 is 5.91. The van der Waals surface area contributed by atoms with Crippen LogP contribution in [-0.2, 0) is 13.2 Å². The highest BCUT2D eigenvalue weighted by Gasteiger charge is 2.08. The summed E-state index contributed by atoms with van der Waals surface area (Å²) in [7, 11) is 1.61. The molecule has 0 spiro atoms. The first-order valence-electron chi connectivity index (χ1n) is 9.08. The van der Waals surface area contributed by atoms with E-state index in [1.165, 1.54) is 0 Å². The van der Waals surface area contributed by atoms with Crippen LogP contribution in [-0.4, -0.2) is 18.2 Å². The lowest BCUT2D eigenvalue weighted by Gasteiger charge is -2.14. The van der Waals surface area contributed by atoms with E-state index in [4.69, 9.17) is 26.2 Å². The molecule has 3 aromatic carbocycles. The number of benzene rings is 3. The van der Waals surface area contributed by atoms with E-state index in [0.717, 1.165) is 22.4 Å². The highest BCUT2D eigenvalue weighted by Crippen LogP contribution is 2.29. The highest BCUT2D eigenvalue weighted by atomic mass is 35.5. The summed E-state index contributed by atoms with van der Waals surface area (Å²) in [6.07, 6.45) is 0. The fraction of sp³-hybridized carbons (Fsp3) is 0.174. The van der Waals surface area contributed by atoms with Crippen molar-refractivity contribution in [2.24, 2.45) is 0 Å². The molecule has 5 nitrogen and oxygen atoms in total. The van der Waals surface area contributed by atoms with Crippen molar-refractivity contribution >= 4 is 23.3 Å². The lowest BCUT2D eigenvalue weighted by atomic mass is 10.1. The number of ether oxygens (including phenoxy) is 2. The molecular formula is C23H22ClNO4. The van der Waals surface area contributed by atoms with Gasteiger partial charge in [-0.3, -0.25) is 0 Å². The lowest BCUT2D eigenvalue weighted by molar-refractivity contribution is 0.0697. The van der Waals surface area contributed by atoms with Crippen molar-refractivity contribution in [2.75, 3.05) is 12.4 Å². The molecular weight excluding hydrogens is 390 g/mol. The number of nitrogens with one attached hydrogen (secondary N) is 1. The van der Waals surface area contributed by atoms with Crippen LogP contribution < -0.4 is 14.8 Å². The van der Waals surface area contributed by atoms with Crippen molar-refractivity contribution in [2.45, 2.75) is 20.1 Å². The maximum atomic E-state index is 11.1. The molecule has 3 aromatic rings. The highest BCUT2D eigenvalue weighted by molar-refractivity contribution is 6.30. The second-order valence-corrected chi connectivity index (χ2v) is 7.03. The smallest absolute Gasteiger partial charge is 0.335 e. The molecule has 0 saturated heterocycles. The Morgan fingerprint density at radius 3 is 2.38 bits per heavy atom. The van der Waals surface area contributed by atoms with Gasteiger partial charge in [-0.25, -0.2) is 4.79 Å². The standard InChI is InChI=1S/C23H22ClNO4/c1-15-11-18(23(26)27)6-9-20(15)25-13-17-5-10-21(22(12-17)28-2)29-14-16-3-7-19(24)8-4-16/h3-12,25H,13-14H2,1-2H3,(H,26,27). The molecule has 0 heterocycles. The van der Waals surface area contributed by atoms with Crippen molar-refractivity contribution in [1.29, 1.82) is 0 Å². The number of carbonyl (C=O) groups is 1. The van der Waals surface area contributed by atoms with E-state index in [2.05, 4.69) is 5.32 Å². The fourth-order valence-corrected chi connectivity index (χ4v) is 3.00. The van der Waals surface area contributed by atoms with Gasteiger partial charge in [0, 0.05) is 17.3 Å². The van der Waals surface area contributed by atoms with Gasteiger partial charge >= 0.3 is 5.97 Å². The third kappa shape index (κ3) is 5.42. The molecule has 0 saturated carbocycles. The molecule has 0 amide bonds. The third-order valence-electron chi connectivity index (χ3n) is 4.49. The first-order chi connectivity index (χ1) is 14.0. The first-order valence-corrected chi connectivity index (χ1v) is 9.46. The molecule has 0 aromatic heterocycles. The molecule has 150 valence electrons. The second kappa shape index (κ2) is 9.34. The minimum Gasteiger partial charge on any atom is -0.493 e. The van der Waals surface area contributed by atoms with Gasteiger partial charge in [-0.2, -0.15) is 0 Å². The van der Waals surface area contributed by atoms with Crippen LogP contribution in [0.1, 0.15) is 27.0 Å². The summed E-state index contributed by atoms with van der Waals surface area (Å²) in [4.78, 5) is 11.1. The lowest BCUT2D eigenvalue weighted by Crippen LogP contribution is -2.04. The van der Waals surface area contributed by atoms with Crippen LogP contribution in [0.2, 0.25) is 5.02 Å². The van der Waals surface area contributed by atoms with E-state index in [9.17, 15) is 4.79 Å². The monoisotopic (exact) mass is 411 g/mol. The Labute approximate surface area is 174 Å². The molecule has 2 N–H and O–H groups in total. The molecule has 29 heavy (non-hydrogen) atoms. The van der Waals surface area contributed by atoms with Gasteiger partial charge in [0.1, 0.15) is 6.61 Å². The number of anilines is 1. The van der Waals surface area contributed by atoms with Gasteiger partial charge < -0.3 is 19.9 Å². The Hall–Kier alpha value is -3.18. The SMILES string of the molecule is COc1cc(CNc2ccc(C(=O)O)cc2C)ccc1OCc1ccc(Cl)cc1. The zero-order chi connectivity index (χ0) is 20.8. The number of carboxylic acids is 1. The third-order valence-corrected chi connectivity index (χ3v) is 4.74. The van der Waals surface area contributed by atoms with Crippen molar-refractivity contribution in [3.05, 3.63) is 87.9 Å². The zero-order valence-electron chi connectivity index (χ0n) is 16.2. The van der Waals surface area contributed by atoms with Crippen LogP contribution in [0.4, 0.5) is 5.69 Å². The topological polar surface area (TPSA) is 67.8 Å². The number of hydrogen-bond donors (Lipinski definition) is 2. The van der Waals surface area contributed by atoms with E-state index < -0.39 is 5.97 Å². The second-order valence-electron chi connectivity index (χ2n) is 6.59. The van der Waals surface area contributed by atoms with Crippen LogP contribution in [0, 0.1) is 6.92 Å². The van der Waals surface area contributed by atoms with Gasteiger partial charge in [-0.05, 0) is 66.1 Å². The van der Waals surface area contributed by atoms with E-state index in [1.807, 2.05) is 49.4 Å². The summed E-state index contributed by atoms with van der Waals surface area (Å²) in [5.74, 6) is 0.378. The van der Waals surface area contributed by atoms with E-state index in [0.29, 0.717) is 29.7 Å². The van der Waals surface area contributed by atoms with Gasteiger partial charge in [0.05, 0.1) is 12.7 Å². The molecule has 0 bridgehead atoms. The Morgan fingerprint density at radius 1 is 1.00 bits per heavy atom. The number of aromatic carboxylic acids is 1. The molecule has 0 aliphatic heterocycles. The van der Waals surface area contributed by atoms with Crippen LogP contribution in [0.3, 0.4) is 0 Å². The average molecular weight is 412 g/mol. The predicted molar refractivity (Wildman–Crippen MR) is 114 cm³/mol. The summed E-state index contributed by atoms with van der Waals surface area (Å²) in [5, 5.41) is 13.1. The molecule has 0 atom stereocenters. The van der Waals surface area contributed by atoms with E-state index in [-0.39, 0.29) is 5.56 Å². The minimum atomic E-state index is -0.932. The summed E-state index contributed by atoms with van der Waals surface area (Å²) in [6.45, 7) is 2.87. The maximum Gasteiger partial charge on any atom is 0.335 e. The average Bonchev–Trinajstić information content (AvgIpc) is 2.72. The number of aryl methyl sites for hydroxylation is 1. The number of methoxy groups -OCH3 is 1. The van der Waals surface area contributed by atoms with Crippen molar-refractivity contribution in [1.82, 2.24) is 0 Å². The molecule has 3 rings (SSSR count). The van der Waals surface area contributed by atoms with E-state index >= 15 is 0 Å². The molecule has 0 aliphatic rings. The summed E-state index contributed by atoms with van der Waals surface area (Å²) in [5.41, 5.74) is 4.07. The van der Waals surface area contributed by atoms with E-state index in [1.54, 1.807) is 25.3 Å². The summed E-state index contributed by atoms with van der Waals surface area (Å²) < 4.78 is 11.4. The zero-order valence-corrected chi connectivity index (χ0v) is 17.0. The Morgan fingerprint density at radius 2 is 1.72 bits per heavy atom. The van der Waals surface area contributed by atoms with Crippen molar-refractivity contribution in [3.8, 4) is 11.5 Å². The van der Waals surface area contributed by atoms with Gasteiger partial charge in [-0.15, -0.1) is 0 Å². The maximum absolute atomic E-state index is 11.1. The van der Waals surface area contributed by atoms with Crippen LogP contribution in [0.25, 0.3) is 0 Å². The quantitative estimate of drug-likeness (QED) is 0.509. The van der Waals surface area contributed by atoms with Crippen molar-refractivity contribution in [3.63, 3.8) is 0 Å². The Bertz CT molecular complexity index is 1000. The van der Waals surface area contributed by atoms with Crippen LogP contribution in [0.5, 0.6) is 11.5 Å². The van der Waals surface area contributed by atoms with Gasteiger partial charge in [-0.1, -0.05) is 29.8 Å². The predicted octanol–water partition coefficient (Wildman–Crippen LogP) is 5.55. The van der Waals surface area contributed by atoms with Gasteiger partial charge in [0.25, 0.3) is 0 Å². The Kier molecular flexibility index (Phi) is 6.62. The van der Waals surface area contributed by atoms with Gasteiger partial charge in [0.15, 0.2) is 11.5 Å². The molecule has 0 aliphatic carbocycles. The van der Waals surface area contributed by atoms with Crippen molar-refractivity contribution < 1.29 is 19.4 Å².